The minimum absolute atomic E-state index is 0.0662. The summed E-state index contributed by atoms with van der Waals surface area (Å²) < 4.78 is 40.9. The number of halogens is 3. The number of fused-ring (bicyclic) bond motifs is 3. The average molecular weight is 514 g/mol. The van der Waals surface area contributed by atoms with Crippen LogP contribution in [0, 0.1) is 16.7 Å². The van der Waals surface area contributed by atoms with E-state index in [9.17, 15) is 18.0 Å². The minimum atomic E-state index is -4.81. The molecule has 0 spiro atoms. The first-order valence-electron chi connectivity index (χ1n) is 12.6. The van der Waals surface area contributed by atoms with Crippen molar-refractivity contribution in [1.82, 2.24) is 9.88 Å². The molecule has 2 fully saturated rings. The lowest BCUT2D eigenvalue weighted by Gasteiger charge is -2.37. The lowest BCUT2D eigenvalue weighted by Crippen LogP contribution is -2.49. The third kappa shape index (κ3) is 4.40. The van der Waals surface area contributed by atoms with Crippen molar-refractivity contribution < 1.29 is 18.0 Å². The molecule has 8 nitrogen and oxygen atoms in total. The Morgan fingerprint density at radius 1 is 1.08 bits per heavy atom. The second-order valence-electron chi connectivity index (χ2n) is 9.95. The van der Waals surface area contributed by atoms with Crippen LogP contribution in [0.3, 0.4) is 0 Å². The van der Waals surface area contributed by atoms with E-state index in [1.165, 1.54) is 6.21 Å². The van der Waals surface area contributed by atoms with Gasteiger partial charge in [0.15, 0.2) is 0 Å². The predicted octanol–water partition coefficient (Wildman–Crippen LogP) is 3.63. The van der Waals surface area contributed by atoms with Gasteiger partial charge in [-0.15, -0.1) is 0 Å². The van der Waals surface area contributed by atoms with Crippen molar-refractivity contribution in [1.29, 1.82) is 10.8 Å². The van der Waals surface area contributed by atoms with Crippen LogP contribution in [-0.2, 0) is 17.6 Å². The molecule has 1 saturated carbocycles. The standard InChI is InChI=1S/C26H30F3N7O/c27-26(28,29)24(33)18(13-31)22-16-4-2-1-3-15(16)21-17(12-30)19(32)11-20(23(21)34-22)35-7-9-36(10-8-35)25(37)14-5-6-14/h11-14,30-31H,1-10,32-33H2. The zero-order chi connectivity index (χ0) is 26.5. The van der Waals surface area contributed by atoms with E-state index in [0.717, 1.165) is 31.2 Å². The fourth-order valence-electron chi connectivity index (χ4n) is 5.54. The highest BCUT2D eigenvalue weighted by Crippen LogP contribution is 2.41. The molecule has 3 aliphatic rings. The molecule has 5 rings (SSSR count). The van der Waals surface area contributed by atoms with Crippen LogP contribution in [-0.4, -0.2) is 60.6 Å². The number of aromatic nitrogens is 1. The number of nitrogens with one attached hydrogen (secondary N) is 2. The summed E-state index contributed by atoms with van der Waals surface area (Å²) in [4.78, 5) is 21.2. The van der Waals surface area contributed by atoms with E-state index in [-0.39, 0.29) is 17.5 Å². The van der Waals surface area contributed by atoms with Gasteiger partial charge >= 0.3 is 6.18 Å². The van der Waals surface area contributed by atoms with Crippen LogP contribution in [0.4, 0.5) is 24.5 Å². The third-order valence-electron chi connectivity index (χ3n) is 7.63. The smallest absolute Gasteiger partial charge is 0.398 e. The van der Waals surface area contributed by atoms with Crippen molar-refractivity contribution in [3.63, 3.8) is 0 Å². The van der Waals surface area contributed by atoms with E-state index >= 15 is 0 Å². The van der Waals surface area contributed by atoms with Crippen molar-refractivity contribution >= 4 is 46.2 Å². The molecule has 0 bridgehead atoms. The SMILES string of the molecule is N=CC(=C(N)C(F)(F)F)c1nc2c(N3CCN(C(=O)C4CC4)CC3)cc(N)c(C=N)c2c2c1CCCC2. The number of amides is 1. The van der Waals surface area contributed by atoms with E-state index in [1.54, 1.807) is 6.07 Å². The van der Waals surface area contributed by atoms with Gasteiger partial charge in [-0.3, -0.25) is 4.79 Å². The molecule has 1 aliphatic heterocycles. The Labute approximate surface area is 212 Å². The van der Waals surface area contributed by atoms with Crippen LogP contribution in [0.15, 0.2) is 11.8 Å². The summed E-state index contributed by atoms with van der Waals surface area (Å²) in [6, 6.07) is 1.72. The Balaban J connectivity index is 1.70. The molecule has 2 aliphatic carbocycles. The summed E-state index contributed by atoms with van der Waals surface area (Å²) in [5.41, 5.74) is 13.6. The molecule has 0 unspecified atom stereocenters. The molecule has 1 aromatic heterocycles. The van der Waals surface area contributed by atoms with Crippen molar-refractivity contribution in [2.24, 2.45) is 11.7 Å². The lowest BCUT2D eigenvalue weighted by atomic mass is 9.84. The number of carbonyl (C=O) groups excluding carboxylic acids is 1. The number of alkyl halides is 3. The van der Waals surface area contributed by atoms with Crippen LogP contribution in [0.5, 0.6) is 0 Å². The first kappa shape index (κ1) is 25.0. The molecule has 196 valence electrons. The summed E-state index contributed by atoms with van der Waals surface area (Å²) in [5.74, 6) is 0.317. The number of nitrogens with two attached hydrogens (primary N) is 2. The number of carbonyl (C=O) groups is 1. The first-order chi connectivity index (χ1) is 17.7. The maximum Gasteiger partial charge on any atom is 0.431 e. The number of rotatable bonds is 5. The number of nitrogens with zero attached hydrogens (tertiary/aromatic N) is 3. The van der Waals surface area contributed by atoms with Crippen LogP contribution >= 0.6 is 0 Å². The molecule has 1 amide bonds. The minimum Gasteiger partial charge on any atom is -0.398 e. The molecule has 0 radical (unpaired) electrons. The van der Waals surface area contributed by atoms with E-state index in [0.29, 0.717) is 78.6 Å². The molecule has 2 aromatic rings. The van der Waals surface area contributed by atoms with Gasteiger partial charge in [-0.25, -0.2) is 4.98 Å². The molecule has 1 aromatic carbocycles. The average Bonchev–Trinajstić information content (AvgIpc) is 3.74. The number of anilines is 2. The zero-order valence-corrected chi connectivity index (χ0v) is 20.4. The van der Waals surface area contributed by atoms with Crippen molar-refractivity contribution in [3.8, 4) is 0 Å². The largest absolute Gasteiger partial charge is 0.431 e. The Bertz CT molecular complexity index is 1320. The van der Waals surface area contributed by atoms with Gasteiger partial charge in [0.2, 0.25) is 5.91 Å². The second kappa shape index (κ2) is 9.35. The summed E-state index contributed by atoms with van der Waals surface area (Å²) in [6.45, 7) is 2.13. The van der Waals surface area contributed by atoms with E-state index < -0.39 is 17.4 Å². The summed E-state index contributed by atoms with van der Waals surface area (Å²) in [7, 11) is 0. The van der Waals surface area contributed by atoms with Gasteiger partial charge in [-0.2, -0.15) is 13.2 Å². The van der Waals surface area contributed by atoms with Gasteiger partial charge < -0.3 is 32.1 Å². The second-order valence-corrected chi connectivity index (χ2v) is 9.95. The number of nitrogen functional groups attached to an aromatic ring is 1. The first-order valence-corrected chi connectivity index (χ1v) is 12.6. The summed E-state index contributed by atoms with van der Waals surface area (Å²) in [5, 5.41) is 16.5. The van der Waals surface area contributed by atoms with Crippen molar-refractivity contribution in [2.75, 3.05) is 36.8 Å². The fraction of sp³-hybridized carbons (Fsp3) is 0.462. The summed E-state index contributed by atoms with van der Waals surface area (Å²) in [6.07, 6.45) is 1.58. The maximum atomic E-state index is 13.6. The van der Waals surface area contributed by atoms with Crippen LogP contribution < -0.4 is 16.4 Å². The highest BCUT2D eigenvalue weighted by Gasteiger charge is 2.37. The molecule has 2 heterocycles. The molecular formula is C26H30F3N7O. The highest BCUT2D eigenvalue weighted by atomic mass is 19.4. The van der Waals surface area contributed by atoms with Gasteiger partial charge in [0.05, 0.1) is 16.9 Å². The number of pyridine rings is 1. The Kier molecular flexibility index (Phi) is 6.33. The van der Waals surface area contributed by atoms with E-state index in [1.807, 2.05) is 4.90 Å². The fourth-order valence-corrected chi connectivity index (χ4v) is 5.54. The number of benzene rings is 1. The van der Waals surface area contributed by atoms with E-state index in [2.05, 4.69) is 4.90 Å². The van der Waals surface area contributed by atoms with Crippen LogP contribution in [0.25, 0.3) is 16.5 Å². The predicted molar refractivity (Wildman–Crippen MR) is 138 cm³/mol. The number of piperazine rings is 1. The number of allylic oxidation sites excluding steroid dienone is 2. The molecule has 0 atom stereocenters. The highest BCUT2D eigenvalue weighted by molar-refractivity contribution is 6.13. The van der Waals surface area contributed by atoms with Crippen molar-refractivity contribution in [3.05, 3.63) is 34.1 Å². The normalized spacial score (nSPS) is 18.9. The number of hydrogen-bond donors (Lipinski definition) is 4. The Morgan fingerprint density at radius 2 is 1.73 bits per heavy atom. The number of hydrogen-bond acceptors (Lipinski definition) is 7. The van der Waals surface area contributed by atoms with Crippen LogP contribution in [0.2, 0.25) is 0 Å². The van der Waals surface area contributed by atoms with Gasteiger partial charge in [-0.05, 0) is 55.7 Å². The Morgan fingerprint density at radius 3 is 2.30 bits per heavy atom. The topological polar surface area (TPSA) is 136 Å². The van der Waals surface area contributed by atoms with Gasteiger partial charge in [0, 0.05) is 66.7 Å². The third-order valence-corrected chi connectivity index (χ3v) is 7.63. The zero-order valence-electron chi connectivity index (χ0n) is 20.4. The molecule has 11 heteroatoms. The molecule has 1 saturated heterocycles. The molecular weight excluding hydrogens is 483 g/mol. The maximum absolute atomic E-state index is 13.6. The van der Waals surface area contributed by atoms with Crippen molar-refractivity contribution in [2.45, 2.75) is 44.7 Å². The quantitative estimate of drug-likeness (QED) is 0.358. The number of aryl methyl sites for hydroxylation is 1. The molecule has 37 heavy (non-hydrogen) atoms. The van der Waals surface area contributed by atoms with Gasteiger partial charge in [0.1, 0.15) is 5.70 Å². The Hall–Kier alpha value is -3.63. The van der Waals surface area contributed by atoms with Gasteiger partial charge in [-0.1, -0.05) is 0 Å². The summed E-state index contributed by atoms with van der Waals surface area (Å²) >= 11 is 0. The van der Waals surface area contributed by atoms with E-state index in [4.69, 9.17) is 27.3 Å². The lowest BCUT2D eigenvalue weighted by molar-refractivity contribution is -0.132. The van der Waals surface area contributed by atoms with Gasteiger partial charge in [0.25, 0.3) is 0 Å². The van der Waals surface area contributed by atoms with Crippen LogP contribution in [0.1, 0.15) is 48.1 Å². The molecule has 6 N–H and O–H groups in total. The monoisotopic (exact) mass is 513 g/mol.